The fourth-order valence-corrected chi connectivity index (χ4v) is 7.81. The van der Waals surface area contributed by atoms with Gasteiger partial charge in [0.2, 0.25) is 5.91 Å². The Morgan fingerprint density at radius 2 is 1.87 bits per heavy atom. The average molecular weight is 552 g/mol. The maximum absolute atomic E-state index is 13.4. The highest BCUT2D eigenvalue weighted by atomic mass is 32.2. The van der Waals surface area contributed by atoms with Crippen molar-refractivity contribution in [2.24, 2.45) is 5.92 Å². The first-order chi connectivity index (χ1) is 18.4. The number of benzene rings is 1. The van der Waals surface area contributed by atoms with E-state index in [4.69, 9.17) is 9.51 Å². The molecule has 1 aromatic carbocycles. The van der Waals surface area contributed by atoms with Crippen LogP contribution in [0.5, 0.6) is 0 Å². The molecule has 198 valence electrons. The molecule has 1 saturated heterocycles. The second kappa shape index (κ2) is 9.82. The maximum Gasteiger partial charge on any atom is 0.225 e. The Kier molecular flexibility index (Phi) is 6.48. The fraction of sp³-hybridized carbons (Fsp3) is 0.481. The van der Waals surface area contributed by atoms with E-state index < -0.39 is 15.4 Å². The van der Waals surface area contributed by atoms with Crippen LogP contribution in [0.15, 0.2) is 41.1 Å². The summed E-state index contributed by atoms with van der Waals surface area (Å²) in [5.41, 5.74) is 2.85. The number of sulfone groups is 1. The van der Waals surface area contributed by atoms with E-state index in [2.05, 4.69) is 33.6 Å². The Balaban J connectivity index is 1.32. The lowest BCUT2D eigenvalue weighted by Crippen LogP contribution is -2.42. The van der Waals surface area contributed by atoms with Crippen LogP contribution >= 0.6 is 11.3 Å². The predicted octanol–water partition coefficient (Wildman–Crippen LogP) is 4.15. The monoisotopic (exact) mass is 551 g/mol. The minimum atomic E-state index is -2.95. The number of amides is 1. The van der Waals surface area contributed by atoms with Gasteiger partial charge in [-0.25, -0.2) is 13.4 Å². The Bertz CT molecular complexity index is 1460. The quantitative estimate of drug-likeness (QED) is 0.484. The van der Waals surface area contributed by atoms with E-state index in [0.29, 0.717) is 31.6 Å². The van der Waals surface area contributed by atoms with Gasteiger partial charge in [-0.15, -0.1) is 11.3 Å². The van der Waals surface area contributed by atoms with Crippen LogP contribution in [-0.2, 0) is 14.6 Å². The Hall–Kier alpha value is -3.23. The zero-order valence-corrected chi connectivity index (χ0v) is 22.6. The van der Waals surface area contributed by atoms with Crippen LogP contribution in [0.1, 0.15) is 50.1 Å². The summed E-state index contributed by atoms with van der Waals surface area (Å²) < 4.78 is 28.7. The highest BCUT2D eigenvalue weighted by molar-refractivity contribution is 7.91. The minimum absolute atomic E-state index is 0.0499. The summed E-state index contributed by atoms with van der Waals surface area (Å²) in [7, 11) is -2.95. The second-order valence-electron chi connectivity index (χ2n) is 10.5. The third kappa shape index (κ3) is 4.95. The van der Waals surface area contributed by atoms with E-state index >= 15 is 0 Å². The van der Waals surface area contributed by atoms with Crippen molar-refractivity contribution in [3.05, 3.63) is 42.3 Å². The number of hydrogen-bond donors (Lipinski definition) is 1. The van der Waals surface area contributed by atoms with Gasteiger partial charge in [0.1, 0.15) is 22.5 Å². The van der Waals surface area contributed by atoms with Crippen molar-refractivity contribution in [2.75, 3.05) is 29.5 Å². The van der Waals surface area contributed by atoms with Crippen LogP contribution < -0.4 is 10.2 Å². The summed E-state index contributed by atoms with van der Waals surface area (Å²) >= 11 is 1.54. The summed E-state index contributed by atoms with van der Waals surface area (Å²) in [4.78, 5) is 21.5. The number of thiazole rings is 1. The van der Waals surface area contributed by atoms with Crippen LogP contribution in [0.2, 0.25) is 0 Å². The van der Waals surface area contributed by atoms with Gasteiger partial charge in [0.05, 0.1) is 28.1 Å². The summed E-state index contributed by atoms with van der Waals surface area (Å²) in [5, 5.41) is 17.4. The van der Waals surface area contributed by atoms with Crippen LogP contribution in [-0.4, -0.2) is 54.6 Å². The molecular formula is C27H29N5O4S2. The fourth-order valence-electron chi connectivity index (χ4n) is 5.51. The lowest BCUT2D eigenvalue weighted by molar-refractivity contribution is -0.127. The standard InChI is InChI=1S/C27H29N5O4S2/c28-17-27(10-11-27)30-25(33)21-4-2-1-3-20(21)23-24(37-26(29-23)22-9-14-36-31-22)18-5-7-19(8-6-18)32-12-15-38(34,35)16-13-32/h5-9,14,20-21H,1-4,10-13,15-16H2,(H,30,33). The van der Waals surface area contributed by atoms with Gasteiger partial charge in [0.25, 0.3) is 0 Å². The molecule has 3 aliphatic rings. The first-order valence-corrected chi connectivity index (χ1v) is 15.7. The van der Waals surface area contributed by atoms with Crippen molar-refractivity contribution in [1.82, 2.24) is 15.5 Å². The zero-order chi connectivity index (χ0) is 26.3. The molecule has 9 nitrogen and oxygen atoms in total. The molecule has 0 spiro atoms. The molecule has 6 rings (SSSR count). The number of carbonyl (C=O) groups excluding carboxylic acids is 1. The van der Waals surface area contributed by atoms with Gasteiger partial charge in [-0.2, -0.15) is 5.26 Å². The molecule has 2 unspecified atom stereocenters. The van der Waals surface area contributed by atoms with Gasteiger partial charge < -0.3 is 14.7 Å². The first kappa shape index (κ1) is 25.1. The van der Waals surface area contributed by atoms with Crippen LogP contribution in [0.25, 0.3) is 21.1 Å². The third-order valence-electron chi connectivity index (χ3n) is 7.93. The number of aromatic nitrogens is 2. The number of hydrogen-bond acceptors (Lipinski definition) is 9. The Morgan fingerprint density at radius 3 is 2.53 bits per heavy atom. The van der Waals surface area contributed by atoms with Gasteiger partial charge in [0.15, 0.2) is 9.84 Å². The van der Waals surface area contributed by atoms with Crippen LogP contribution in [0.3, 0.4) is 0 Å². The Labute approximate surface area is 225 Å². The second-order valence-corrected chi connectivity index (χ2v) is 13.8. The average Bonchev–Trinajstić information content (AvgIpc) is 3.30. The summed E-state index contributed by atoms with van der Waals surface area (Å²) in [5.74, 6) is -0.00147. The molecule has 3 fully saturated rings. The van der Waals surface area contributed by atoms with Gasteiger partial charge >= 0.3 is 0 Å². The molecule has 0 bridgehead atoms. The van der Waals surface area contributed by atoms with Crippen molar-refractivity contribution >= 4 is 32.8 Å². The summed E-state index contributed by atoms with van der Waals surface area (Å²) in [6.07, 6.45) is 6.56. The summed E-state index contributed by atoms with van der Waals surface area (Å²) in [6, 6.07) is 12.2. The number of anilines is 1. The molecule has 3 heterocycles. The molecule has 2 aromatic heterocycles. The molecule has 2 aliphatic carbocycles. The smallest absolute Gasteiger partial charge is 0.225 e. The molecule has 38 heavy (non-hydrogen) atoms. The van der Waals surface area contributed by atoms with E-state index in [-0.39, 0.29) is 29.2 Å². The van der Waals surface area contributed by atoms with Crippen molar-refractivity contribution in [1.29, 1.82) is 5.26 Å². The van der Waals surface area contributed by atoms with E-state index in [1.54, 1.807) is 6.07 Å². The number of carbonyl (C=O) groups is 1. The molecule has 2 saturated carbocycles. The molecule has 0 radical (unpaired) electrons. The van der Waals surface area contributed by atoms with Crippen molar-refractivity contribution < 1.29 is 17.7 Å². The van der Waals surface area contributed by atoms with Crippen molar-refractivity contribution in [3.8, 4) is 27.2 Å². The highest BCUT2D eigenvalue weighted by Crippen LogP contribution is 2.46. The van der Waals surface area contributed by atoms with Gasteiger partial charge in [-0.05, 0) is 43.4 Å². The molecule has 1 amide bonds. The van der Waals surface area contributed by atoms with E-state index in [0.717, 1.165) is 52.5 Å². The number of nitriles is 1. The highest BCUT2D eigenvalue weighted by Gasteiger charge is 2.47. The predicted molar refractivity (Wildman–Crippen MR) is 144 cm³/mol. The van der Waals surface area contributed by atoms with Crippen molar-refractivity contribution in [3.63, 3.8) is 0 Å². The minimum Gasteiger partial charge on any atom is -0.369 e. The van der Waals surface area contributed by atoms with Crippen LogP contribution in [0, 0.1) is 17.2 Å². The number of nitrogens with one attached hydrogen (secondary N) is 1. The molecule has 1 aliphatic heterocycles. The van der Waals surface area contributed by atoms with E-state index in [9.17, 15) is 18.5 Å². The third-order valence-corrected chi connectivity index (χ3v) is 10.7. The SMILES string of the molecule is N#CC1(NC(=O)C2CCCCC2c2nc(-c3ccon3)sc2-c2ccc(N3CCS(=O)(=O)CC3)cc2)CC1. The largest absolute Gasteiger partial charge is 0.369 e. The maximum atomic E-state index is 13.4. The number of nitrogens with zero attached hydrogens (tertiary/aromatic N) is 4. The molecule has 3 aromatic rings. The van der Waals surface area contributed by atoms with Gasteiger partial charge in [-0.1, -0.05) is 30.1 Å². The van der Waals surface area contributed by atoms with Crippen molar-refractivity contribution in [2.45, 2.75) is 50.0 Å². The molecule has 2 atom stereocenters. The van der Waals surface area contributed by atoms with E-state index in [1.807, 2.05) is 12.1 Å². The summed E-state index contributed by atoms with van der Waals surface area (Å²) in [6.45, 7) is 0.986. The lowest BCUT2D eigenvalue weighted by Gasteiger charge is -2.31. The first-order valence-electron chi connectivity index (χ1n) is 13.1. The van der Waals surface area contributed by atoms with Gasteiger partial charge in [-0.3, -0.25) is 4.79 Å². The topological polar surface area (TPSA) is 129 Å². The molecule has 11 heteroatoms. The normalized spacial score (nSPS) is 23.9. The van der Waals surface area contributed by atoms with Gasteiger partial charge in [0, 0.05) is 36.7 Å². The number of rotatable bonds is 6. The Morgan fingerprint density at radius 1 is 1.13 bits per heavy atom. The van der Waals surface area contributed by atoms with Crippen LogP contribution in [0.4, 0.5) is 5.69 Å². The molecule has 1 N–H and O–H groups in total. The molecular weight excluding hydrogens is 522 g/mol. The van der Waals surface area contributed by atoms with E-state index in [1.165, 1.54) is 17.6 Å². The lowest BCUT2D eigenvalue weighted by atomic mass is 9.76. The zero-order valence-electron chi connectivity index (χ0n) is 20.9.